The van der Waals surface area contributed by atoms with Crippen molar-refractivity contribution in [1.29, 1.82) is 0 Å². The van der Waals surface area contributed by atoms with Gasteiger partial charge in [0.1, 0.15) is 0 Å². The number of allylic oxidation sites excluding steroid dienone is 1. The number of rotatable bonds is 1. The molecule has 0 bridgehead atoms. The SMILES string of the molecule is [CH2]C(=C)CBr. The molecule has 0 nitrogen and oxygen atoms in total. The molecule has 0 fully saturated rings. The summed E-state index contributed by atoms with van der Waals surface area (Å²) in [5.41, 5.74) is 0.921. The molecule has 0 aliphatic heterocycles. The van der Waals surface area contributed by atoms with Gasteiger partial charge in [-0.25, -0.2) is 0 Å². The molecule has 0 aromatic heterocycles. The zero-order valence-electron chi connectivity index (χ0n) is 3.00. The van der Waals surface area contributed by atoms with Crippen molar-refractivity contribution in [3.05, 3.63) is 19.1 Å². The van der Waals surface area contributed by atoms with Gasteiger partial charge in [0, 0.05) is 5.33 Å². The van der Waals surface area contributed by atoms with Crippen molar-refractivity contribution in [2.24, 2.45) is 0 Å². The molecule has 0 aromatic rings. The first kappa shape index (κ1) is 5.22. The summed E-state index contributed by atoms with van der Waals surface area (Å²) in [5.74, 6) is 0. The van der Waals surface area contributed by atoms with Crippen LogP contribution in [0.1, 0.15) is 0 Å². The molecular weight excluding hydrogens is 128 g/mol. The minimum Gasteiger partial charge on any atom is -0.0990 e. The number of halogens is 1. The van der Waals surface area contributed by atoms with Gasteiger partial charge in [-0.1, -0.05) is 28.1 Å². The topological polar surface area (TPSA) is 0 Å². The van der Waals surface area contributed by atoms with E-state index < -0.39 is 0 Å². The van der Waals surface area contributed by atoms with E-state index in [0.717, 1.165) is 10.9 Å². The molecule has 0 spiro atoms. The Morgan fingerprint density at radius 2 is 2.00 bits per heavy atom. The Labute approximate surface area is 41.0 Å². The maximum atomic E-state index is 3.52. The van der Waals surface area contributed by atoms with E-state index in [9.17, 15) is 0 Å². The van der Waals surface area contributed by atoms with E-state index in [1.54, 1.807) is 0 Å². The third-order valence-electron chi connectivity index (χ3n) is 0.189. The first-order valence-electron chi connectivity index (χ1n) is 1.33. The van der Waals surface area contributed by atoms with Crippen LogP contribution >= 0.6 is 15.9 Å². The van der Waals surface area contributed by atoms with Crippen LogP contribution in [0.25, 0.3) is 0 Å². The lowest BCUT2D eigenvalue weighted by molar-refractivity contribution is 1.62. The van der Waals surface area contributed by atoms with Crippen LogP contribution in [0, 0.1) is 6.92 Å². The number of hydrogen-bond donors (Lipinski definition) is 0. The highest BCUT2D eigenvalue weighted by atomic mass is 79.9. The molecule has 1 radical (unpaired) electrons. The fourth-order valence-electron chi connectivity index (χ4n) is 0. The molecule has 1 heteroatoms. The predicted octanol–water partition coefficient (Wildman–Crippen LogP) is 1.77. The summed E-state index contributed by atoms with van der Waals surface area (Å²) in [6, 6.07) is 0. The summed E-state index contributed by atoms with van der Waals surface area (Å²) in [4.78, 5) is 0. The Balaban J connectivity index is 2.85. The summed E-state index contributed by atoms with van der Waals surface area (Å²) in [5, 5.41) is 0.812. The van der Waals surface area contributed by atoms with Gasteiger partial charge in [0.15, 0.2) is 0 Å². The van der Waals surface area contributed by atoms with Crippen molar-refractivity contribution in [3.63, 3.8) is 0 Å². The summed E-state index contributed by atoms with van der Waals surface area (Å²) < 4.78 is 0. The average molecular weight is 134 g/mol. The standard InChI is InChI=1S/C4H6Br/c1-4(2)3-5/h1-3H2. The van der Waals surface area contributed by atoms with E-state index in [1.807, 2.05) is 0 Å². The van der Waals surface area contributed by atoms with Crippen LogP contribution < -0.4 is 0 Å². The molecular formula is C4H6Br. The average Bonchev–Trinajstić information content (AvgIpc) is 1.38. The first-order valence-corrected chi connectivity index (χ1v) is 2.45. The van der Waals surface area contributed by atoms with Crippen molar-refractivity contribution in [3.8, 4) is 0 Å². The lowest BCUT2D eigenvalue weighted by atomic mass is 10.4. The van der Waals surface area contributed by atoms with Crippen LogP contribution in [0.3, 0.4) is 0 Å². The van der Waals surface area contributed by atoms with Crippen LogP contribution in [-0.2, 0) is 0 Å². The lowest BCUT2D eigenvalue weighted by Gasteiger charge is -1.77. The maximum absolute atomic E-state index is 3.52. The zero-order valence-corrected chi connectivity index (χ0v) is 4.59. The predicted molar refractivity (Wildman–Crippen MR) is 28.3 cm³/mol. The molecule has 0 atom stereocenters. The van der Waals surface area contributed by atoms with Crippen molar-refractivity contribution in [2.45, 2.75) is 0 Å². The Morgan fingerprint density at radius 3 is 2.00 bits per heavy atom. The van der Waals surface area contributed by atoms with E-state index in [0.29, 0.717) is 0 Å². The van der Waals surface area contributed by atoms with Gasteiger partial charge in [-0.2, -0.15) is 0 Å². The van der Waals surface area contributed by atoms with Crippen LogP contribution in [0.2, 0.25) is 0 Å². The van der Waals surface area contributed by atoms with Gasteiger partial charge in [0.05, 0.1) is 0 Å². The highest BCUT2D eigenvalue weighted by Gasteiger charge is 1.70. The molecule has 0 unspecified atom stereocenters. The number of alkyl halides is 1. The third kappa shape index (κ3) is 4.22. The Bertz CT molecular complexity index is 38.9. The highest BCUT2D eigenvalue weighted by molar-refractivity contribution is 9.09. The molecule has 0 rings (SSSR count). The van der Waals surface area contributed by atoms with Crippen molar-refractivity contribution < 1.29 is 0 Å². The van der Waals surface area contributed by atoms with E-state index >= 15 is 0 Å². The van der Waals surface area contributed by atoms with Gasteiger partial charge < -0.3 is 0 Å². The lowest BCUT2D eigenvalue weighted by Crippen LogP contribution is -1.65. The van der Waals surface area contributed by atoms with Crippen LogP contribution in [0.5, 0.6) is 0 Å². The van der Waals surface area contributed by atoms with E-state index in [2.05, 4.69) is 29.4 Å². The van der Waals surface area contributed by atoms with Crippen LogP contribution in [-0.4, -0.2) is 5.33 Å². The van der Waals surface area contributed by atoms with Gasteiger partial charge in [0.25, 0.3) is 0 Å². The Morgan fingerprint density at radius 1 is 1.80 bits per heavy atom. The van der Waals surface area contributed by atoms with Crippen LogP contribution in [0.4, 0.5) is 0 Å². The van der Waals surface area contributed by atoms with Gasteiger partial charge in [-0.05, 0) is 6.92 Å². The first-order chi connectivity index (χ1) is 2.27. The molecule has 0 heterocycles. The van der Waals surface area contributed by atoms with E-state index in [1.165, 1.54) is 0 Å². The Kier molecular flexibility index (Phi) is 2.57. The minimum absolute atomic E-state index is 0.812. The second kappa shape index (κ2) is 2.46. The van der Waals surface area contributed by atoms with E-state index in [-0.39, 0.29) is 0 Å². The summed E-state index contributed by atoms with van der Waals surface area (Å²) in [7, 11) is 0. The molecule has 0 aliphatic carbocycles. The van der Waals surface area contributed by atoms with E-state index in [4.69, 9.17) is 0 Å². The fourth-order valence-corrected chi connectivity index (χ4v) is 0. The molecule has 0 saturated carbocycles. The summed E-state index contributed by atoms with van der Waals surface area (Å²) in [6.45, 7) is 7.03. The van der Waals surface area contributed by atoms with Gasteiger partial charge >= 0.3 is 0 Å². The molecule has 0 saturated heterocycles. The second-order valence-electron chi connectivity index (χ2n) is 0.884. The van der Waals surface area contributed by atoms with Crippen molar-refractivity contribution >= 4 is 15.9 Å². The molecule has 0 amide bonds. The monoisotopic (exact) mass is 133 g/mol. The number of hydrogen-bond acceptors (Lipinski definition) is 0. The van der Waals surface area contributed by atoms with Gasteiger partial charge in [0.2, 0.25) is 0 Å². The maximum Gasteiger partial charge on any atom is 0.0239 e. The largest absolute Gasteiger partial charge is 0.0990 e. The van der Waals surface area contributed by atoms with Crippen molar-refractivity contribution in [1.82, 2.24) is 0 Å². The van der Waals surface area contributed by atoms with Crippen LogP contribution in [0.15, 0.2) is 12.2 Å². The van der Waals surface area contributed by atoms with Gasteiger partial charge in [-0.15, -0.1) is 0 Å². The molecule has 0 aromatic carbocycles. The Hall–Kier alpha value is 0.220. The molecule has 29 valence electrons. The highest BCUT2D eigenvalue weighted by Crippen LogP contribution is 1.89. The summed E-state index contributed by atoms with van der Waals surface area (Å²) in [6.07, 6.45) is 0. The molecule has 0 N–H and O–H groups in total. The fraction of sp³-hybridized carbons (Fsp3) is 0.250. The zero-order chi connectivity index (χ0) is 4.28. The van der Waals surface area contributed by atoms with Crippen molar-refractivity contribution in [2.75, 3.05) is 5.33 Å². The van der Waals surface area contributed by atoms with Gasteiger partial charge in [-0.3, -0.25) is 0 Å². The normalized spacial score (nSPS) is 7.60. The molecule has 5 heavy (non-hydrogen) atoms. The smallest absolute Gasteiger partial charge is 0.0239 e. The third-order valence-corrected chi connectivity index (χ3v) is 0.982. The second-order valence-corrected chi connectivity index (χ2v) is 1.44. The molecule has 0 aliphatic rings. The summed E-state index contributed by atoms with van der Waals surface area (Å²) >= 11 is 3.15. The minimum atomic E-state index is 0.812. The quantitative estimate of drug-likeness (QED) is 0.479.